The van der Waals surface area contributed by atoms with Gasteiger partial charge in [0.15, 0.2) is 5.82 Å². The van der Waals surface area contributed by atoms with Gasteiger partial charge >= 0.3 is 0 Å². The molecular weight excluding hydrogens is 681 g/mol. The van der Waals surface area contributed by atoms with Crippen molar-refractivity contribution in [2.45, 2.75) is 0 Å². The van der Waals surface area contributed by atoms with E-state index in [4.69, 9.17) is 9.97 Å². The van der Waals surface area contributed by atoms with Crippen LogP contribution in [0.3, 0.4) is 0 Å². The van der Waals surface area contributed by atoms with Crippen molar-refractivity contribution in [1.29, 1.82) is 0 Å². The summed E-state index contributed by atoms with van der Waals surface area (Å²) in [6.07, 6.45) is 7.50. The lowest BCUT2D eigenvalue weighted by molar-refractivity contribution is 1.18. The highest BCUT2D eigenvalue weighted by Crippen LogP contribution is 2.43. The van der Waals surface area contributed by atoms with Crippen LogP contribution in [0.5, 0.6) is 0 Å². The second-order valence-corrected chi connectivity index (χ2v) is 14.3. The van der Waals surface area contributed by atoms with Crippen LogP contribution in [0, 0.1) is 0 Å². The van der Waals surface area contributed by atoms with Gasteiger partial charge in [-0.15, -0.1) is 0 Å². The number of pyridine rings is 2. The molecule has 0 aliphatic heterocycles. The summed E-state index contributed by atoms with van der Waals surface area (Å²) >= 11 is 0. The second kappa shape index (κ2) is 13.1. The number of rotatable bonds is 6. The van der Waals surface area contributed by atoms with Crippen molar-refractivity contribution in [1.82, 2.24) is 19.9 Å². The van der Waals surface area contributed by atoms with E-state index in [0.717, 1.165) is 55.5 Å². The third-order valence-electron chi connectivity index (χ3n) is 11.0. The van der Waals surface area contributed by atoms with Crippen molar-refractivity contribution >= 4 is 43.1 Å². The van der Waals surface area contributed by atoms with Gasteiger partial charge in [-0.1, -0.05) is 146 Å². The Morgan fingerprint density at radius 2 is 0.929 bits per heavy atom. The maximum atomic E-state index is 5.27. The molecule has 0 radical (unpaired) electrons. The van der Waals surface area contributed by atoms with Gasteiger partial charge in [-0.2, -0.15) is 0 Å². The molecule has 260 valence electrons. The molecule has 0 spiro atoms. The maximum Gasteiger partial charge on any atom is 0.160 e. The van der Waals surface area contributed by atoms with E-state index in [9.17, 15) is 0 Å². The summed E-state index contributed by atoms with van der Waals surface area (Å²) in [4.78, 5) is 19.5. The van der Waals surface area contributed by atoms with Crippen LogP contribution in [0.4, 0.5) is 0 Å². The zero-order valence-electron chi connectivity index (χ0n) is 30.3. The van der Waals surface area contributed by atoms with Crippen LogP contribution in [0.1, 0.15) is 0 Å². The summed E-state index contributed by atoms with van der Waals surface area (Å²) in [5.74, 6) is 0.651. The molecule has 4 heteroatoms. The minimum Gasteiger partial charge on any atom is -0.264 e. The minimum atomic E-state index is 0.651. The van der Waals surface area contributed by atoms with Crippen LogP contribution in [0.15, 0.2) is 195 Å². The lowest BCUT2D eigenvalue weighted by Gasteiger charge is -2.17. The summed E-state index contributed by atoms with van der Waals surface area (Å²) in [5, 5.41) is 9.77. The number of benzene rings is 8. The molecule has 0 atom stereocenters. The molecule has 11 rings (SSSR count). The van der Waals surface area contributed by atoms with Crippen molar-refractivity contribution in [3.8, 4) is 67.3 Å². The van der Waals surface area contributed by atoms with Gasteiger partial charge in [0.05, 0.1) is 11.4 Å². The van der Waals surface area contributed by atoms with E-state index in [0.29, 0.717) is 5.82 Å². The van der Waals surface area contributed by atoms with Gasteiger partial charge in [-0.3, -0.25) is 9.97 Å². The lowest BCUT2D eigenvalue weighted by Crippen LogP contribution is -1.97. The molecule has 0 fully saturated rings. The van der Waals surface area contributed by atoms with Crippen LogP contribution in [0.2, 0.25) is 0 Å². The van der Waals surface area contributed by atoms with Gasteiger partial charge < -0.3 is 0 Å². The normalized spacial score (nSPS) is 11.6. The summed E-state index contributed by atoms with van der Waals surface area (Å²) < 4.78 is 0. The molecule has 56 heavy (non-hydrogen) atoms. The van der Waals surface area contributed by atoms with Crippen LogP contribution >= 0.6 is 0 Å². The van der Waals surface area contributed by atoms with E-state index >= 15 is 0 Å². The van der Waals surface area contributed by atoms with Crippen LogP contribution in [-0.4, -0.2) is 19.9 Å². The summed E-state index contributed by atoms with van der Waals surface area (Å²) in [7, 11) is 0. The number of aromatic nitrogens is 4. The predicted octanol–water partition coefficient (Wildman–Crippen LogP) is 13.3. The molecule has 0 bridgehead atoms. The smallest absolute Gasteiger partial charge is 0.160 e. The molecule has 3 aromatic heterocycles. The quantitative estimate of drug-likeness (QED) is 0.161. The molecule has 4 nitrogen and oxygen atoms in total. The number of hydrogen-bond donors (Lipinski definition) is 0. The van der Waals surface area contributed by atoms with Gasteiger partial charge in [-0.05, 0) is 89.8 Å². The Bertz CT molecular complexity index is 3240. The monoisotopic (exact) mass is 712 g/mol. The number of fused-ring (bicyclic) bond motifs is 1. The fourth-order valence-corrected chi connectivity index (χ4v) is 8.32. The fraction of sp³-hybridized carbons (Fsp3) is 0. The van der Waals surface area contributed by atoms with Gasteiger partial charge in [0.2, 0.25) is 0 Å². The van der Waals surface area contributed by atoms with Gasteiger partial charge in [0.25, 0.3) is 0 Å². The Hall–Kier alpha value is -7.56. The molecule has 0 amide bonds. The number of hydrogen-bond acceptors (Lipinski definition) is 4. The van der Waals surface area contributed by atoms with E-state index in [1.54, 1.807) is 6.20 Å². The zero-order chi connectivity index (χ0) is 37.0. The summed E-state index contributed by atoms with van der Waals surface area (Å²) in [5.41, 5.74) is 11.5. The average Bonchev–Trinajstić information content (AvgIpc) is 3.28. The first-order valence-corrected chi connectivity index (χ1v) is 18.8. The molecule has 0 aliphatic carbocycles. The first-order valence-electron chi connectivity index (χ1n) is 18.8. The Balaban J connectivity index is 1.09. The van der Waals surface area contributed by atoms with Crippen molar-refractivity contribution in [3.63, 3.8) is 0 Å². The average molecular weight is 713 g/mol. The van der Waals surface area contributed by atoms with Gasteiger partial charge in [0, 0.05) is 52.4 Å². The maximum absolute atomic E-state index is 5.27. The molecule has 0 unspecified atom stereocenters. The Kier molecular flexibility index (Phi) is 7.46. The highest BCUT2D eigenvalue weighted by atomic mass is 14.9. The minimum absolute atomic E-state index is 0.651. The molecule has 0 saturated carbocycles. The largest absolute Gasteiger partial charge is 0.264 e. The molecule has 3 heterocycles. The molecule has 0 saturated heterocycles. The van der Waals surface area contributed by atoms with Crippen LogP contribution in [0.25, 0.3) is 110 Å². The third kappa shape index (κ3) is 5.39. The van der Waals surface area contributed by atoms with E-state index in [-0.39, 0.29) is 0 Å². The molecule has 0 N–H and O–H groups in total. The second-order valence-electron chi connectivity index (χ2n) is 14.3. The fourth-order valence-electron chi connectivity index (χ4n) is 8.32. The molecule has 8 aromatic carbocycles. The van der Waals surface area contributed by atoms with Gasteiger partial charge in [0.1, 0.15) is 0 Å². The summed E-state index contributed by atoms with van der Waals surface area (Å²) in [6.45, 7) is 0. The van der Waals surface area contributed by atoms with E-state index in [1.165, 1.54) is 49.0 Å². The highest BCUT2D eigenvalue weighted by molar-refractivity contribution is 6.27. The summed E-state index contributed by atoms with van der Waals surface area (Å²) in [6, 6.07) is 60.5. The van der Waals surface area contributed by atoms with Crippen molar-refractivity contribution in [2.75, 3.05) is 0 Å². The Morgan fingerprint density at radius 1 is 0.304 bits per heavy atom. The molecular formula is C52H32N4. The van der Waals surface area contributed by atoms with Gasteiger partial charge in [-0.25, -0.2) is 9.97 Å². The lowest BCUT2D eigenvalue weighted by atomic mass is 9.87. The van der Waals surface area contributed by atoms with Crippen molar-refractivity contribution in [3.05, 3.63) is 195 Å². The molecule has 0 aliphatic rings. The Morgan fingerprint density at radius 3 is 1.71 bits per heavy atom. The van der Waals surface area contributed by atoms with Crippen molar-refractivity contribution < 1.29 is 0 Å². The SMILES string of the molecule is c1ccc(-c2ccc3ccc4c(-c5cccc(-c6cc(-c7cncc8ccccc78)nc(-c7cccc(-c8cccnc8)c7)n6)c5)ccc5ccc2c3c54)cc1. The first-order chi connectivity index (χ1) is 27.7. The third-order valence-corrected chi connectivity index (χ3v) is 11.0. The van der Waals surface area contributed by atoms with Crippen LogP contribution < -0.4 is 0 Å². The topological polar surface area (TPSA) is 51.6 Å². The predicted molar refractivity (Wildman–Crippen MR) is 231 cm³/mol. The number of nitrogens with zero attached hydrogens (tertiary/aromatic N) is 4. The Labute approximate surface area is 323 Å². The first kappa shape index (κ1) is 31.9. The van der Waals surface area contributed by atoms with Crippen molar-refractivity contribution in [2.24, 2.45) is 0 Å². The zero-order valence-corrected chi connectivity index (χ0v) is 30.3. The van der Waals surface area contributed by atoms with Crippen LogP contribution in [-0.2, 0) is 0 Å². The van der Waals surface area contributed by atoms with E-state index in [1.807, 2.05) is 30.7 Å². The highest BCUT2D eigenvalue weighted by Gasteiger charge is 2.17. The molecule has 11 aromatic rings. The van der Waals surface area contributed by atoms with E-state index < -0.39 is 0 Å². The standard InChI is InChI=1S/C52H32N4/c1-2-9-33(10-3-1)43-22-18-34-21-25-46-44(23-19-35-20-24-45(43)50(34)51(35)46)37-13-7-14-38(28-37)48-29-49(47-32-54-31-41-11-4-5-17-42(41)47)56-52(55-48)39-15-6-12-36(27-39)40-16-8-26-53-30-40/h1-32H. The van der Waals surface area contributed by atoms with E-state index in [2.05, 4.69) is 168 Å².